The van der Waals surface area contributed by atoms with E-state index in [4.69, 9.17) is 0 Å². The Bertz CT molecular complexity index is 601. The van der Waals surface area contributed by atoms with Gasteiger partial charge in [0.2, 0.25) is 0 Å². The molecule has 4 heteroatoms. The summed E-state index contributed by atoms with van der Waals surface area (Å²) in [6, 6.07) is 4.79. The highest BCUT2D eigenvalue weighted by Gasteiger charge is 2.20. The van der Waals surface area contributed by atoms with Crippen molar-refractivity contribution in [2.75, 3.05) is 0 Å². The van der Waals surface area contributed by atoms with Gasteiger partial charge >= 0.3 is 0 Å². The predicted octanol–water partition coefficient (Wildman–Crippen LogP) is 4.16. The number of aliphatic hydroxyl groups excluding tert-OH is 1. The predicted molar refractivity (Wildman–Crippen MR) is 80.6 cm³/mol. The van der Waals surface area contributed by atoms with Gasteiger partial charge in [-0.2, -0.15) is 0 Å². The molecule has 0 fully saturated rings. The van der Waals surface area contributed by atoms with Gasteiger partial charge < -0.3 is 5.11 Å². The van der Waals surface area contributed by atoms with Crippen molar-refractivity contribution in [1.29, 1.82) is 0 Å². The number of hydrogen-bond donors (Lipinski definition) is 1. The third-order valence-corrected chi connectivity index (χ3v) is 4.07. The summed E-state index contributed by atoms with van der Waals surface area (Å²) in [6.45, 7) is 8.18. The first-order valence-electron chi connectivity index (χ1n) is 6.66. The first kappa shape index (κ1) is 15.1. The minimum absolute atomic E-state index is 0.00567. The second-order valence-electron chi connectivity index (χ2n) is 6.12. The van der Waals surface area contributed by atoms with Gasteiger partial charge in [0.25, 0.3) is 0 Å². The molecule has 2 nitrogen and oxygen atoms in total. The van der Waals surface area contributed by atoms with Crippen molar-refractivity contribution in [3.05, 3.63) is 51.2 Å². The molecule has 1 atom stereocenters. The summed E-state index contributed by atoms with van der Waals surface area (Å²) in [5, 5.41) is 13.1. The number of aryl methyl sites for hydroxylation is 1. The van der Waals surface area contributed by atoms with E-state index in [2.05, 4.69) is 25.8 Å². The highest BCUT2D eigenvalue weighted by molar-refractivity contribution is 7.09. The lowest BCUT2D eigenvalue weighted by atomic mass is 9.93. The maximum Gasteiger partial charge on any atom is 0.129 e. The zero-order valence-electron chi connectivity index (χ0n) is 12.3. The van der Waals surface area contributed by atoms with Gasteiger partial charge in [0.15, 0.2) is 0 Å². The van der Waals surface area contributed by atoms with Crippen LogP contribution in [-0.4, -0.2) is 10.1 Å². The fraction of sp³-hybridized carbons (Fsp3) is 0.438. The SMILES string of the molecule is Cc1ccc(F)c(C(O)Cc2nc(C(C)(C)C)cs2)c1. The van der Waals surface area contributed by atoms with Crippen LogP contribution in [0.15, 0.2) is 23.6 Å². The first-order chi connectivity index (χ1) is 9.27. The summed E-state index contributed by atoms with van der Waals surface area (Å²) < 4.78 is 13.7. The summed E-state index contributed by atoms with van der Waals surface area (Å²) >= 11 is 1.52. The molecule has 1 N–H and O–H groups in total. The van der Waals surface area contributed by atoms with Crippen LogP contribution in [0.4, 0.5) is 4.39 Å². The summed E-state index contributed by atoms with van der Waals surface area (Å²) in [5.41, 5.74) is 2.29. The normalized spacial score (nSPS) is 13.5. The summed E-state index contributed by atoms with van der Waals surface area (Å²) in [7, 11) is 0. The third kappa shape index (κ3) is 3.44. The molecular formula is C16H20FNOS. The van der Waals surface area contributed by atoms with Gasteiger partial charge in [0, 0.05) is 22.8 Å². The lowest BCUT2D eigenvalue weighted by Crippen LogP contribution is -2.12. The van der Waals surface area contributed by atoms with Crippen molar-refractivity contribution in [2.45, 2.75) is 45.6 Å². The lowest BCUT2D eigenvalue weighted by molar-refractivity contribution is 0.173. The van der Waals surface area contributed by atoms with E-state index in [1.54, 1.807) is 12.1 Å². The molecule has 1 heterocycles. The average Bonchev–Trinajstić information content (AvgIpc) is 2.80. The molecule has 20 heavy (non-hydrogen) atoms. The highest BCUT2D eigenvalue weighted by atomic mass is 32.1. The van der Waals surface area contributed by atoms with Crippen molar-refractivity contribution in [1.82, 2.24) is 4.98 Å². The van der Waals surface area contributed by atoms with Crippen LogP contribution < -0.4 is 0 Å². The molecule has 0 saturated heterocycles. The molecule has 108 valence electrons. The smallest absolute Gasteiger partial charge is 0.129 e. The van der Waals surface area contributed by atoms with Crippen LogP contribution in [0.1, 0.15) is 48.7 Å². The molecule has 0 aliphatic carbocycles. The summed E-state index contributed by atoms with van der Waals surface area (Å²) in [4.78, 5) is 4.54. The number of aromatic nitrogens is 1. The van der Waals surface area contributed by atoms with Gasteiger partial charge in [-0.15, -0.1) is 11.3 Å². The Morgan fingerprint density at radius 3 is 2.65 bits per heavy atom. The topological polar surface area (TPSA) is 33.1 Å². The van der Waals surface area contributed by atoms with E-state index in [0.717, 1.165) is 16.3 Å². The molecule has 0 radical (unpaired) electrons. The zero-order valence-corrected chi connectivity index (χ0v) is 13.1. The van der Waals surface area contributed by atoms with Crippen LogP contribution in [0, 0.1) is 12.7 Å². The van der Waals surface area contributed by atoms with Crippen LogP contribution in [0.25, 0.3) is 0 Å². The largest absolute Gasteiger partial charge is 0.388 e. The van der Waals surface area contributed by atoms with Crippen LogP contribution in [-0.2, 0) is 11.8 Å². The summed E-state index contributed by atoms with van der Waals surface area (Å²) in [6.07, 6.45) is -0.505. The van der Waals surface area contributed by atoms with E-state index in [-0.39, 0.29) is 11.2 Å². The minimum Gasteiger partial charge on any atom is -0.388 e. The number of hydrogen-bond acceptors (Lipinski definition) is 3. The Balaban J connectivity index is 2.17. The van der Waals surface area contributed by atoms with Crippen LogP contribution >= 0.6 is 11.3 Å². The van der Waals surface area contributed by atoms with Crippen LogP contribution in [0.3, 0.4) is 0 Å². The Morgan fingerprint density at radius 1 is 1.35 bits per heavy atom. The number of benzene rings is 1. The number of rotatable bonds is 3. The maximum atomic E-state index is 13.7. The van der Waals surface area contributed by atoms with Crippen molar-refractivity contribution in [3.63, 3.8) is 0 Å². The van der Waals surface area contributed by atoms with Gasteiger partial charge in [0.05, 0.1) is 16.8 Å². The molecule has 1 aromatic heterocycles. The highest BCUT2D eigenvalue weighted by Crippen LogP contribution is 2.27. The van der Waals surface area contributed by atoms with Crippen molar-refractivity contribution >= 4 is 11.3 Å². The van der Waals surface area contributed by atoms with E-state index in [1.165, 1.54) is 17.4 Å². The fourth-order valence-electron chi connectivity index (χ4n) is 1.94. The van der Waals surface area contributed by atoms with E-state index >= 15 is 0 Å². The number of thiazole rings is 1. The van der Waals surface area contributed by atoms with Crippen LogP contribution in [0.5, 0.6) is 0 Å². The molecule has 0 amide bonds. The first-order valence-corrected chi connectivity index (χ1v) is 7.54. The quantitative estimate of drug-likeness (QED) is 0.921. The van der Waals surface area contributed by atoms with Crippen molar-refractivity contribution in [2.24, 2.45) is 0 Å². The van der Waals surface area contributed by atoms with Crippen molar-refractivity contribution < 1.29 is 9.50 Å². The average molecular weight is 293 g/mol. The molecule has 0 saturated carbocycles. The molecule has 1 aromatic carbocycles. The minimum atomic E-state index is -0.853. The Kier molecular flexibility index (Phi) is 4.25. The standard InChI is InChI=1S/C16H20FNOS/c1-10-5-6-12(17)11(7-10)13(19)8-15-18-14(9-20-15)16(2,3)4/h5-7,9,13,19H,8H2,1-4H3. The number of aliphatic hydroxyl groups is 1. The van der Waals surface area contributed by atoms with Gasteiger partial charge in [-0.1, -0.05) is 38.5 Å². The molecule has 0 spiro atoms. The van der Waals surface area contributed by atoms with Gasteiger partial charge in [-0.25, -0.2) is 9.37 Å². The lowest BCUT2D eigenvalue weighted by Gasteiger charge is -2.14. The third-order valence-electron chi connectivity index (χ3n) is 3.20. The Morgan fingerprint density at radius 2 is 2.05 bits per heavy atom. The van der Waals surface area contributed by atoms with Crippen molar-refractivity contribution in [3.8, 4) is 0 Å². The molecule has 0 aliphatic rings. The second kappa shape index (κ2) is 5.62. The van der Waals surface area contributed by atoms with E-state index in [0.29, 0.717) is 12.0 Å². The maximum absolute atomic E-state index is 13.7. The second-order valence-corrected chi connectivity index (χ2v) is 7.06. The number of halogens is 1. The fourth-order valence-corrected chi connectivity index (χ4v) is 3.00. The zero-order chi connectivity index (χ0) is 14.9. The molecule has 2 aromatic rings. The Hall–Kier alpha value is -1.26. The van der Waals surface area contributed by atoms with E-state index < -0.39 is 6.10 Å². The van der Waals surface area contributed by atoms with Crippen LogP contribution in [0.2, 0.25) is 0 Å². The van der Waals surface area contributed by atoms with E-state index in [1.807, 2.05) is 12.3 Å². The van der Waals surface area contributed by atoms with Gasteiger partial charge in [0.1, 0.15) is 5.82 Å². The molecular weight excluding hydrogens is 273 g/mol. The monoisotopic (exact) mass is 293 g/mol. The van der Waals surface area contributed by atoms with E-state index in [9.17, 15) is 9.50 Å². The summed E-state index contributed by atoms with van der Waals surface area (Å²) in [5.74, 6) is -0.365. The molecule has 2 rings (SSSR count). The van der Waals surface area contributed by atoms with Gasteiger partial charge in [-0.05, 0) is 13.0 Å². The Labute approximate surface area is 123 Å². The van der Waals surface area contributed by atoms with Gasteiger partial charge in [-0.3, -0.25) is 0 Å². The molecule has 0 bridgehead atoms. The molecule has 1 unspecified atom stereocenters. The molecule has 0 aliphatic heterocycles. The number of nitrogens with zero attached hydrogens (tertiary/aromatic N) is 1.